The molecule has 1 heterocycles. The molecule has 0 spiro atoms. The molecule has 1 N–H and O–H groups in total. The first-order chi connectivity index (χ1) is 27.8. The van der Waals surface area contributed by atoms with Gasteiger partial charge >= 0.3 is 5.97 Å². The van der Waals surface area contributed by atoms with Crippen LogP contribution in [0, 0.1) is 6.92 Å². The lowest BCUT2D eigenvalue weighted by Gasteiger charge is -2.33. The van der Waals surface area contributed by atoms with E-state index in [1.54, 1.807) is 18.7 Å². The maximum Gasteiger partial charge on any atom is 0.357 e. The number of benzene rings is 7. The van der Waals surface area contributed by atoms with E-state index in [-0.39, 0.29) is 5.75 Å². The molecule has 0 unspecified atom stereocenters. The number of nitrogens with one attached hydrogen (secondary N) is 1. The summed E-state index contributed by atoms with van der Waals surface area (Å²) in [4.78, 5) is 38.9. The first-order valence-electron chi connectivity index (χ1n) is 18.8. The molecule has 0 saturated heterocycles. The van der Waals surface area contributed by atoms with E-state index in [1.807, 2.05) is 90.8 Å². The zero-order valence-corrected chi connectivity index (χ0v) is 33.3. The smallest absolute Gasteiger partial charge is 0.330 e. The van der Waals surface area contributed by atoms with Gasteiger partial charge in [-0.05, 0) is 80.9 Å². The Bertz CT molecular complexity index is 2530. The van der Waals surface area contributed by atoms with E-state index in [0.29, 0.717) is 36.0 Å². The van der Waals surface area contributed by atoms with Crippen molar-refractivity contribution in [1.82, 2.24) is 15.7 Å². The molecule has 1 aliphatic rings. The minimum absolute atomic E-state index is 0.287. The van der Waals surface area contributed by atoms with Gasteiger partial charge in [-0.3, -0.25) is 9.79 Å². The Hall–Kier alpha value is -5.77. The van der Waals surface area contributed by atoms with E-state index >= 15 is 0 Å². The van der Waals surface area contributed by atoms with Crippen LogP contribution in [-0.2, 0) is 33.3 Å². The van der Waals surface area contributed by atoms with Crippen molar-refractivity contribution in [3.63, 3.8) is 0 Å². The van der Waals surface area contributed by atoms with Crippen molar-refractivity contribution in [2.24, 2.45) is 4.99 Å². The van der Waals surface area contributed by atoms with Gasteiger partial charge in [0.15, 0.2) is 5.54 Å². The zero-order chi connectivity index (χ0) is 39.4. The lowest BCUT2D eigenvalue weighted by Crippen LogP contribution is -2.53. The molecule has 7 nitrogen and oxygen atoms in total. The summed E-state index contributed by atoms with van der Waals surface area (Å²) in [5.74, 6) is 0.315. The van der Waals surface area contributed by atoms with Gasteiger partial charge in [-0.2, -0.15) is 16.8 Å². The third-order valence-electron chi connectivity index (χ3n) is 10.4. The van der Waals surface area contributed by atoms with E-state index in [1.165, 1.54) is 5.28 Å². The summed E-state index contributed by atoms with van der Waals surface area (Å²) in [5.41, 5.74) is 9.91. The molecule has 8 rings (SSSR count). The highest BCUT2D eigenvalue weighted by Crippen LogP contribution is 2.42. The molecular weight excluding hydrogens is 748 g/mol. The summed E-state index contributed by atoms with van der Waals surface area (Å²) in [6, 6.07) is 50.8. The van der Waals surface area contributed by atoms with Crippen molar-refractivity contribution in [2.75, 3.05) is 5.75 Å². The number of amides is 1. The molecule has 0 fully saturated rings. The van der Waals surface area contributed by atoms with Crippen LogP contribution in [0.3, 0.4) is 0 Å². The highest BCUT2D eigenvalue weighted by molar-refractivity contribution is 7.98. The molecule has 284 valence electrons. The first kappa shape index (κ1) is 38.1. The van der Waals surface area contributed by atoms with Crippen LogP contribution in [0.1, 0.15) is 40.3 Å². The molecule has 0 bridgehead atoms. The Morgan fingerprint density at radius 2 is 1.39 bits per heavy atom. The summed E-state index contributed by atoms with van der Waals surface area (Å²) >= 11 is 8.16. The van der Waals surface area contributed by atoms with Gasteiger partial charge in [-0.1, -0.05) is 151 Å². The fourth-order valence-electron chi connectivity index (χ4n) is 7.50. The van der Waals surface area contributed by atoms with Gasteiger partial charge in [-0.15, -0.1) is 0 Å². The number of carbonyl (C=O) groups is 2. The van der Waals surface area contributed by atoms with E-state index in [4.69, 9.17) is 21.4 Å². The van der Waals surface area contributed by atoms with Gasteiger partial charge in [-0.25, -0.2) is 10.2 Å². The van der Waals surface area contributed by atoms with Crippen molar-refractivity contribution in [2.45, 2.75) is 38.2 Å². The lowest BCUT2D eigenvalue weighted by molar-refractivity contribution is -0.299. The van der Waals surface area contributed by atoms with Crippen LogP contribution < -0.4 is 5.43 Å². The normalized spacial score (nSPS) is 14.1. The average molecular weight is 789 g/mol. The fraction of sp³-hybridized carbons (Fsp3) is 0.146. The van der Waals surface area contributed by atoms with Crippen molar-refractivity contribution in [3.8, 4) is 11.1 Å². The number of hydrogen-bond acceptors (Lipinski definition) is 7. The summed E-state index contributed by atoms with van der Waals surface area (Å²) in [5, 5.41) is 8.10. The Labute approximate surface area is 341 Å². The molecule has 57 heavy (non-hydrogen) atoms. The predicted molar refractivity (Wildman–Crippen MR) is 233 cm³/mol. The minimum Gasteiger partial charge on any atom is -0.330 e. The summed E-state index contributed by atoms with van der Waals surface area (Å²) in [6.45, 7) is 4.48. The van der Waals surface area contributed by atoms with Gasteiger partial charge in [0.05, 0.1) is 5.71 Å². The molecule has 7 aromatic carbocycles. The maximum atomic E-state index is 14.9. The molecule has 0 radical (unpaired) electrons. The van der Waals surface area contributed by atoms with E-state index in [0.717, 1.165) is 66.1 Å². The number of rotatable bonds is 12. The van der Waals surface area contributed by atoms with Gasteiger partial charge in [0, 0.05) is 46.0 Å². The van der Waals surface area contributed by atoms with Crippen molar-refractivity contribution < 1.29 is 14.4 Å². The zero-order valence-electron chi connectivity index (χ0n) is 31.7. The van der Waals surface area contributed by atoms with E-state index < -0.39 is 11.5 Å². The number of hydrazine groups is 2. The molecule has 0 aromatic heterocycles. The molecule has 7 aromatic rings. The number of fused-ring (bicyclic) bond motifs is 7. The second-order valence-corrected chi connectivity index (χ2v) is 15.8. The molecule has 0 saturated carbocycles. The molecule has 9 heteroatoms. The molecule has 0 aliphatic carbocycles. The first-order valence-corrected chi connectivity index (χ1v) is 20.4. The number of thioether (sulfide) groups is 1. The summed E-state index contributed by atoms with van der Waals surface area (Å²) in [6.07, 6.45) is 0.524. The Morgan fingerprint density at radius 3 is 2.00 bits per heavy atom. The number of aryl methyl sites for hydroxylation is 1. The molecular formula is C48H41ClN4O3S. The van der Waals surface area contributed by atoms with Crippen LogP contribution >= 0.6 is 23.4 Å². The van der Waals surface area contributed by atoms with Crippen LogP contribution in [0.4, 0.5) is 0 Å². The largest absolute Gasteiger partial charge is 0.357 e. The lowest BCUT2D eigenvalue weighted by atomic mass is 9.88. The second kappa shape index (κ2) is 16.8. The third kappa shape index (κ3) is 8.08. The quantitative estimate of drug-likeness (QED) is 0.0755. The summed E-state index contributed by atoms with van der Waals surface area (Å²) < 4.78 is 0. The molecule has 1 atom stereocenters. The van der Waals surface area contributed by atoms with Gasteiger partial charge in [0.1, 0.15) is 0 Å². The van der Waals surface area contributed by atoms with Crippen molar-refractivity contribution in [1.29, 1.82) is 0 Å². The van der Waals surface area contributed by atoms with E-state index in [9.17, 15) is 9.59 Å². The monoisotopic (exact) mass is 788 g/mol. The fourth-order valence-corrected chi connectivity index (χ4v) is 8.79. The van der Waals surface area contributed by atoms with Crippen LogP contribution in [0.2, 0.25) is 5.02 Å². The Balaban J connectivity index is 1.21. The van der Waals surface area contributed by atoms with Crippen LogP contribution in [0.5, 0.6) is 0 Å². The molecule has 1 aliphatic heterocycles. The van der Waals surface area contributed by atoms with E-state index in [2.05, 4.69) is 78.2 Å². The average Bonchev–Trinajstić information content (AvgIpc) is 3.42. The van der Waals surface area contributed by atoms with Crippen molar-refractivity contribution >= 4 is 63.0 Å². The van der Waals surface area contributed by atoms with Crippen LogP contribution in [0.15, 0.2) is 157 Å². The summed E-state index contributed by atoms with van der Waals surface area (Å²) in [7, 11) is 0. The third-order valence-corrected chi connectivity index (χ3v) is 11.9. The number of hydrogen-bond donors (Lipinski definition) is 1. The second-order valence-electron chi connectivity index (χ2n) is 14.4. The van der Waals surface area contributed by atoms with Gasteiger partial charge in [0.2, 0.25) is 6.41 Å². The predicted octanol–water partition coefficient (Wildman–Crippen LogP) is 10.5. The minimum atomic E-state index is -1.42. The number of nitrogens with zero attached hydrogens (tertiary/aromatic N) is 3. The van der Waals surface area contributed by atoms with Gasteiger partial charge in [0.25, 0.3) is 0 Å². The Morgan fingerprint density at radius 1 is 0.807 bits per heavy atom. The highest BCUT2D eigenvalue weighted by Gasteiger charge is 2.39. The molecule has 1 amide bonds. The van der Waals surface area contributed by atoms with Crippen LogP contribution in [-0.4, -0.2) is 39.7 Å². The van der Waals surface area contributed by atoms with Gasteiger partial charge < -0.3 is 4.84 Å². The number of carbonyl (C=O) groups excluding carboxylic acids is 2. The topological polar surface area (TPSA) is 74.2 Å². The highest BCUT2D eigenvalue weighted by atomic mass is 35.5. The SMILES string of the molecule is Cc1ccc(Cl)cc1C(=N[C@@](C)(CSCc1ccccc1)C(=O)ON(NC=O)N1Cc2ccc3ccccc3c2-c2c(ccc3ccccc23)C1)c1ccccc1. The number of aliphatic imine (C=N–C) groups is 1. The standard InChI is InChI=1S/C48H41ClN4O3S/c1-33-21-26-40(49)27-43(33)46(37-17-7-4-8-18-37)51-48(2,31-57-30-34-13-5-3-6-14-34)47(55)56-53(50-32-54)52-28-38-24-22-35-15-9-11-19-41(35)44(38)45-39(29-52)25-23-36-16-10-12-20-42(36)45/h3-27,32H,28-31H2,1-2H3,(H,50,54)/t48-/m0/s1. The Kier molecular flexibility index (Phi) is 11.2. The number of halogens is 1. The maximum absolute atomic E-state index is 14.9. The van der Waals surface area contributed by atoms with Crippen molar-refractivity contribution in [3.05, 3.63) is 190 Å². The van der Waals surface area contributed by atoms with Crippen LogP contribution in [0.25, 0.3) is 32.7 Å².